The molecule has 1 atom stereocenters. The van der Waals surface area contributed by atoms with Crippen molar-refractivity contribution in [1.29, 1.82) is 0 Å². The van der Waals surface area contributed by atoms with Gasteiger partial charge in [-0.2, -0.15) is 0 Å². The van der Waals surface area contributed by atoms with Crippen LogP contribution in [0.15, 0.2) is 0 Å². The predicted molar refractivity (Wildman–Crippen MR) is 40.5 cm³/mol. The van der Waals surface area contributed by atoms with Gasteiger partial charge < -0.3 is 10.1 Å². The summed E-state index contributed by atoms with van der Waals surface area (Å²) in [5.74, 6) is 0.0969. The van der Waals surface area contributed by atoms with E-state index in [2.05, 4.69) is 5.32 Å². The van der Waals surface area contributed by atoms with Crippen molar-refractivity contribution in [1.82, 2.24) is 5.32 Å². The number of hydrogen-bond donors (Lipinski definition) is 1. The molecule has 0 aromatic heterocycles. The van der Waals surface area contributed by atoms with Crippen LogP contribution in [0.2, 0.25) is 0 Å². The molecule has 4 heteroatoms. The number of nitrogens with one attached hydrogen (secondary N) is 1. The van der Waals surface area contributed by atoms with Gasteiger partial charge in [0.05, 0.1) is 18.6 Å². The highest BCUT2D eigenvalue weighted by molar-refractivity contribution is 5.97. The zero-order valence-electron chi connectivity index (χ0n) is 6.76. The molecular weight excluding hydrogens is 158 g/mol. The Morgan fingerprint density at radius 1 is 1.42 bits per heavy atom. The van der Waals surface area contributed by atoms with Gasteiger partial charge in [0.25, 0.3) is 0 Å². The first-order chi connectivity index (χ1) is 5.73. The second kappa shape index (κ2) is 2.55. The maximum atomic E-state index is 11.4. The second-order valence-electron chi connectivity index (χ2n) is 3.48. The standard InChI is InChI=1S/C8H11NO3/c10-6-3-8(1-2-12-5-8)7(11)9-4-6/h1-5H2,(H,9,11). The zero-order valence-corrected chi connectivity index (χ0v) is 6.76. The molecule has 4 nitrogen and oxygen atoms in total. The van der Waals surface area contributed by atoms with Gasteiger partial charge >= 0.3 is 0 Å². The molecule has 1 unspecified atom stereocenters. The van der Waals surface area contributed by atoms with Gasteiger partial charge in [0.1, 0.15) is 0 Å². The fraction of sp³-hybridized carbons (Fsp3) is 0.750. The molecule has 0 saturated carbocycles. The minimum Gasteiger partial charge on any atom is -0.380 e. The third-order valence-corrected chi connectivity index (χ3v) is 2.57. The van der Waals surface area contributed by atoms with E-state index in [0.717, 1.165) is 0 Å². The van der Waals surface area contributed by atoms with E-state index < -0.39 is 5.41 Å². The molecule has 2 fully saturated rings. The third kappa shape index (κ3) is 1.03. The molecule has 0 aliphatic carbocycles. The Kier molecular flexibility index (Phi) is 1.65. The van der Waals surface area contributed by atoms with E-state index in [0.29, 0.717) is 26.1 Å². The number of piperidine rings is 1. The summed E-state index contributed by atoms with van der Waals surface area (Å²) in [6.07, 6.45) is 1.05. The highest BCUT2D eigenvalue weighted by Gasteiger charge is 2.46. The molecule has 1 N–H and O–H groups in total. The molecule has 2 aliphatic heterocycles. The SMILES string of the molecule is O=C1CNC(=O)C2(CCOC2)C1. The smallest absolute Gasteiger partial charge is 0.229 e. The fourth-order valence-corrected chi connectivity index (χ4v) is 1.81. The molecule has 1 spiro atoms. The van der Waals surface area contributed by atoms with E-state index in [1.54, 1.807) is 0 Å². The highest BCUT2D eigenvalue weighted by Crippen LogP contribution is 2.34. The van der Waals surface area contributed by atoms with Crippen molar-refractivity contribution in [3.8, 4) is 0 Å². The van der Waals surface area contributed by atoms with Crippen molar-refractivity contribution in [3.63, 3.8) is 0 Å². The maximum absolute atomic E-state index is 11.4. The average molecular weight is 169 g/mol. The van der Waals surface area contributed by atoms with Crippen LogP contribution in [0.25, 0.3) is 0 Å². The molecule has 0 radical (unpaired) electrons. The molecule has 0 bridgehead atoms. The van der Waals surface area contributed by atoms with Crippen LogP contribution in [-0.4, -0.2) is 31.4 Å². The first-order valence-electron chi connectivity index (χ1n) is 4.11. The van der Waals surface area contributed by atoms with Crippen molar-refractivity contribution >= 4 is 11.7 Å². The molecule has 2 rings (SSSR count). The van der Waals surface area contributed by atoms with Crippen molar-refractivity contribution in [2.75, 3.05) is 19.8 Å². The van der Waals surface area contributed by atoms with Gasteiger partial charge in [-0.05, 0) is 6.42 Å². The summed E-state index contributed by atoms with van der Waals surface area (Å²) in [4.78, 5) is 22.5. The molecule has 12 heavy (non-hydrogen) atoms. The van der Waals surface area contributed by atoms with E-state index >= 15 is 0 Å². The molecule has 0 aromatic carbocycles. The summed E-state index contributed by atoms with van der Waals surface area (Å²) in [6.45, 7) is 1.20. The van der Waals surface area contributed by atoms with Gasteiger partial charge in [-0.15, -0.1) is 0 Å². The van der Waals surface area contributed by atoms with E-state index in [4.69, 9.17) is 4.74 Å². The summed E-state index contributed by atoms with van der Waals surface area (Å²) in [5.41, 5.74) is -0.519. The van der Waals surface area contributed by atoms with E-state index in [1.165, 1.54) is 0 Å². The largest absolute Gasteiger partial charge is 0.380 e. The number of Topliss-reactive ketones (excluding diaryl/α,β-unsaturated/α-hetero) is 1. The Bertz CT molecular complexity index is 230. The number of carbonyl (C=O) groups is 2. The molecule has 66 valence electrons. The van der Waals surface area contributed by atoms with Crippen LogP contribution in [0.3, 0.4) is 0 Å². The van der Waals surface area contributed by atoms with Crippen molar-refractivity contribution < 1.29 is 14.3 Å². The number of carbonyl (C=O) groups excluding carboxylic acids is 2. The van der Waals surface area contributed by atoms with Crippen molar-refractivity contribution in [3.05, 3.63) is 0 Å². The van der Waals surface area contributed by atoms with E-state index in [1.807, 2.05) is 0 Å². The fourth-order valence-electron chi connectivity index (χ4n) is 1.81. The summed E-state index contributed by atoms with van der Waals surface area (Å²) in [6, 6.07) is 0. The third-order valence-electron chi connectivity index (χ3n) is 2.57. The summed E-state index contributed by atoms with van der Waals surface area (Å²) < 4.78 is 5.14. The number of ether oxygens (including phenoxy) is 1. The number of rotatable bonds is 0. The topological polar surface area (TPSA) is 55.4 Å². The Labute approximate surface area is 70.3 Å². The van der Waals surface area contributed by atoms with Gasteiger partial charge in [0.15, 0.2) is 5.78 Å². The lowest BCUT2D eigenvalue weighted by molar-refractivity contribution is -0.140. The second-order valence-corrected chi connectivity index (χ2v) is 3.48. The Hall–Kier alpha value is -0.900. The lowest BCUT2D eigenvalue weighted by Gasteiger charge is -2.29. The average Bonchev–Trinajstić information content (AvgIpc) is 2.48. The predicted octanol–water partition coefficient (Wildman–Crippen LogP) is -0.518. The lowest BCUT2D eigenvalue weighted by Crippen LogP contribution is -2.50. The highest BCUT2D eigenvalue weighted by atomic mass is 16.5. The number of hydrogen-bond acceptors (Lipinski definition) is 3. The molecule has 2 heterocycles. The van der Waals surface area contributed by atoms with Crippen LogP contribution in [-0.2, 0) is 14.3 Å². The molecular formula is C8H11NO3. The first-order valence-corrected chi connectivity index (χ1v) is 4.11. The molecule has 1 amide bonds. The molecule has 0 aromatic rings. The van der Waals surface area contributed by atoms with Crippen LogP contribution in [0.4, 0.5) is 0 Å². The van der Waals surface area contributed by atoms with Crippen molar-refractivity contribution in [2.24, 2.45) is 5.41 Å². The number of ketones is 1. The Balaban J connectivity index is 2.20. The first kappa shape index (κ1) is 7.73. The number of amides is 1. The van der Waals surface area contributed by atoms with Gasteiger partial charge in [0.2, 0.25) is 5.91 Å². The van der Waals surface area contributed by atoms with Crippen LogP contribution in [0.5, 0.6) is 0 Å². The van der Waals surface area contributed by atoms with Crippen LogP contribution >= 0.6 is 0 Å². The minimum atomic E-state index is -0.519. The van der Waals surface area contributed by atoms with Crippen molar-refractivity contribution in [2.45, 2.75) is 12.8 Å². The lowest BCUT2D eigenvalue weighted by atomic mass is 9.79. The summed E-state index contributed by atoms with van der Waals surface area (Å²) >= 11 is 0. The molecule has 2 saturated heterocycles. The summed E-state index contributed by atoms with van der Waals surface area (Å²) in [7, 11) is 0. The van der Waals surface area contributed by atoms with E-state index in [9.17, 15) is 9.59 Å². The Morgan fingerprint density at radius 3 is 2.92 bits per heavy atom. The van der Waals surface area contributed by atoms with Gasteiger partial charge in [0, 0.05) is 13.0 Å². The van der Waals surface area contributed by atoms with E-state index in [-0.39, 0.29) is 18.2 Å². The van der Waals surface area contributed by atoms with Gasteiger partial charge in [-0.1, -0.05) is 0 Å². The quantitative estimate of drug-likeness (QED) is 0.531. The molecule has 2 aliphatic rings. The summed E-state index contributed by atoms with van der Waals surface area (Å²) in [5, 5.41) is 2.60. The van der Waals surface area contributed by atoms with Crippen LogP contribution < -0.4 is 5.32 Å². The minimum absolute atomic E-state index is 0.0143. The maximum Gasteiger partial charge on any atom is 0.229 e. The van der Waals surface area contributed by atoms with Gasteiger partial charge in [-0.25, -0.2) is 0 Å². The van der Waals surface area contributed by atoms with Gasteiger partial charge in [-0.3, -0.25) is 9.59 Å². The van der Waals surface area contributed by atoms with Crippen LogP contribution in [0, 0.1) is 5.41 Å². The van der Waals surface area contributed by atoms with Crippen LogP contribution in [0.1, 0.15) is 12.8 Å². The Morgan fingerprint density at radius 2 is 2.25 bits per heavy atom. The monoisotopic (exact) mass is 169 g/mol. The normalized spacial score (nSPS) is 35.7. The zero-order chi connectivity index (χ0) is 8.60.